The fourth-order valence-corrected chi connectivity index (χ4v) is 3.84. The number of hydrogen-bond donors (Lipinski definition) is 2. The van der Waals surface area contributed by atoms with E-state index in [2.05, 4.69) is 5.32 Å². The number of nitrogens with one attached hydrogen (secondary N) is 1. The first-order valence-electron chi connectivity index (χ1n) is 11.2. The van der Waals surface area contributed by atoms with E-state index in [1.54, 1.807) is 43.9 Å². The van der Waals surface area contributed by atoms with Gasteiger partial charge in [-0.15, -0.1) is 0 Å². The van der Waals surface area contributed by atoms with Gasteiger partial charge in [0.15, 0.2) is 6.10 Å². The SMILES string of the molecule is Cc1ccc(NC(=O)OC(C)(C)C)cc1N1CC(C(=O)N2CCN(CCC(=O)O)CC2)OC1=O. The first-order chi connectivity index (χ1) is 15.9. The lowest BCUT2D eigenvalue weighted by Gasteiger charge is -2.35. The fraction of sp³-hybridized carbons (Fsp3) is 0.565. The molecule has 0 bridgehead atoms. The van der Waals surface area contributed by atoms with Crippen LogP contribution in [0, 0.1) is 6.92 Å². The molecule has 0 saturated carbocycles. The highest BCUT2D eigenvalue weighted by atomic mass is 16.6. The van der Waals surface area contributed by atoms with Crippen molar-refractivity contribution in [3.05, 3.63) is 23.8 Å². The molecule has 0 aliphatic carbocycles. The molecule has 2 fully saturated rings. The Morgan fingerprint density at radius 3 is 2.47 bits per heavy atom. The number of cyclic esters (lactones) is 1. The molecular formula is C23H32N4O7. The molecule has 34 heavy (non-hydrogen) atoms. The van der Waals surface area contributed by atoms with Crippen LogP contribution in [-0.4, -0.2) is 89.9 Å². The molecule has 2 heterocycles. The molecule has 1 aromatic carbocycles. The molecule has 1 atom stereocenters. The Hall–Kier alpha value is -3.34. The number of amides is 3. The molecule has 2 aliphatic rings. The molecule has 2 N–H and O–H groups in total. The van der Waals surface area contributed by atoms with Crippen LogP contribution in [0.25, 0.3) is 0 Å². The zero-order chi connectivity index (χ0) is 25.0. The third-order valence-electron chi connectivity index (χ3n) is 5.56. The summed E-state index contributed by atoms with van der Waals surface area (Å²) in [5.74, 6) is -1.12. The molecular weight excluding hydrogens is 444 g/mol. The normalized spacial score (nSPS) is 19.1. The van der Waals surface area contributed by atoms with Crippen molar-refractivity contribution >= 4 is 35.4 Å². The van der Waals surface area contributed by atoms with Gasteiger partial charge in [-0.2, -0.15) is 0 Å². The molecule has 2 aliphatic heterocycles. The van der Waals surface area contributed by atoms with Gasteiger partial charge in [0.1, 0.15) is 5.60 Å². The summed E-state index contributed by atoms with van der Waals surface area (Å²) in [5, 5.41) is 11.5. The highest BCUT2D eigenvalue weighted by Gasteiger charge is 2.40. The number of rotatable bonds is 6. The zero-order valence-electron chi connectivity index (χ0n) is 20.0. The lowest BCUT2D eigenvalue weighted by molar-refractivity contribution is -0.141. The number of aryl methyl sites for hydroxylation is 1. The van der Waals surface area contributed by atoms with Crippen molar-refractivity contribution in [1.82, 2.24) is 9.80 Å². The van der Waals surface area contributed by atoms with E-state index >= 15 is 0 Å². The smallest absolute Gasteiger partial charge is 0.415 e. The monoisotopic (exact) mass is 476 g/mol. The number of carbonyl (C=O) groups is 4. The van der Waals surface area contributed by atoms with Crippen molar-refractivity contribution in [2.45, 2.75) is 45.8 Å². The molecule has 2 saturated heterocycles. The summed E-state index contributed by atoms with van der Waals surface area (Å²) < 4.78 is 10.7. The van der Waals surface area contributed by atoms with Crippen molar-refractivity contribution in [2.75, 3.05) is 49.5 Å². The Labute approximate surface area is 198 Å². The molecule has 1 unspecified atom stereocenters. The maximum atomic E-state index is 13.0. The maximum absolute atomic E-state index is 13.0. The van der Waals surface area contributed by atoms with Gasteiger partial charge in [-0.1, -0.05) is 6.07 Å². The average Bonchev–Trinajstić information content (AvgIpc) is 3.13. The standard InChI is InChI=1S/C23H32N4O7/c1-15-5-6-16(24-21(31)34-23(2,3)4)13-17(15)27-14-18(33-22(27)32)20(30)26-11-9-25(10-12-26)8-7-19(28)29/h5-6,13,18H,7-12,14H2,1-4H3,(H,24,31)(H,28,29). The van der Waals surface area contributed by atoms with Crippen molar-refractivity contribution in [1.29, 1.82) is 0 Å². The Bertz CT molecular complexity index is 951. The van der Waals surface area contributed by atoms with Gasteiger partial charge in [0.05, 0.1) is 18.7 Å². The van der Waals surface area contributed by atoms with Gasteiger partial charge in [0.25, 0.3) is 5.91 Å². The van der Waals surface area contributed by atoms with E-state index in [0.717, 1.165) is 5.56 Å². The van der Waals surface area contributed by atoms with Crippen LogP contribution in [0.2, 0.25) is 0 Å². The van der Waals surface area contributed by atoms with E-state index in [4.69, 9.17) is 14.6 Å². The first kappa shape index (κ1) is 25.3. The molecule has 3 rings (SSSR count). The predicted octanol–water partition coefficient (Wildman–Crippen LogP) is 2.29. The molecule has 1 aromatic rings. The van der Waals surface area contributed by atoms with E-state index in [1.165, 1.54) is 4.90 Å². The highest BCUT2D eigenvalue weighted by Crippen LogP contribution is 2.29. The van der Waals surface area contributed by atoms with Gasteiger partial charge in [-0.25, -0.2) is 9.59 Å². The number of carboxylic acids is 1. The van der Waals surface area contributed by atoms with E-state index in [1.807, 2.05) is 11.8 Å². The van der Waals surface area contributed by atoms with Crippen LogP contribution in [0.4, 0.5) is 21.0 Å². The Kier molecular flexibility index (Phi) is 7.65. The molecule has 11 heteroatoms. The second-order valence-corrected chi connectivity index (χ2v) is 9.42. The third kappa shape index (κ3) is 6.60. The number of piperazine rings is 1. The number of ether oxygens (including phenoxy) is 2. The number of aliphatic carboxylic acids is 1. The van der Waals surface area contributed by atoms with E-state index in [0.29, 0.717) is 44.1 Å². The quantitative estimate of drug-likeness (QED) is 0.640. The van der Waals surface area contributed by atoms with Crippen LogP contribution in [0.5, 0.6) is 0 Å². The van der Waals surface area contributed by atoms with Crippen LogP contribution < -0.4 is 10.2 Å². The van der Waals surface area contributed by atoms with Crippen molar-refractivity contribution < 1.29 is 33.8 Å². The molecule has 0 aromatic heterocycles. The number of hydrogen-bond acceptors (Lipinski definition) is 7. The summed E-state index contributed by atoms with van der Waals surface area (Å²) in [4.78, 5) is 53.4. The van der Waals surface area contributed by atoms with Crippen LogP contribution in [0.3, 0.4) is 0 Å². The topological polar surface area (TPSA) is 129 Å². The first-order valence-corrected chi connectivity index (χ1v) is 11.2. The molecule has 0 spiro atoms. The molecule has 3 amide bonds. The molecule has 186 valence electrons. The maximum Gasteiger partial charge on any atom is 0.415 e. The highest BCUT2D eigenvalue weighted by molar-refractivity contribution is 5.97. The van der Waals surface area contributed by atoms with Crippen molar-refractivity contribution in [3.63, 3.8) is 0 Å². The zero-order valence-corrected chi connectivity index (χ0v) is 20.0. The van der Waals surface area contributed by atoms with E-state index in [9.17, 15) is 19.2 Å². The van der Waals surface area contributed by atoms with Gasteiger partial charge >= 0.3 is 18.2 Å². The Morgan fingerprint density at radius 2 is 1.85 bits per heavy atom. The summed E-state index contributed by atoms with van der Waals surface area (Å²) in [5.41, 5.74) is 1.13. The number of carbonyl (C=O) groups excluding carboxylic acids is 3. The minimum absolute atomic E-state index is 0.0599. The van der Waals surface area contributed by atoms with Crippen LogP contribution in [0.1, 0.15) is 32.8 Å². The number of nitrogens with zero attached hydrogens (tertiary/aromatic N) is 3. The minimum Gasteiger partial charge on any atom is -0.481 e. The van der Waals surface area contributed by atoms with Gasteiger partial charge < -0.3 is 19.5 Å². The van der Waals surface area contributed by atoms with E-state index in [-0.39, 0.29) is 18.9 Å². The summed E-state index contributed by atoms with van der Waals surface area (Å²) in [6.45, 7) is 9.65. The van der Waals surface area contributed by atoms with Gasteiger partial charge in [0.2, 0.25) is 0 Å². The lowest BCUT2D eigenvalue weighted by Crippen LogP contribution is -2.52. The Balaban J connectivity index is 1.61. The largest absolute Gasteiger partial charge is 0.481 e. The number of carboxylic acid groups (broad SMARTS) is 1. The predicted molar refractivity (Wildman–Crippen MR) is 124 cm³/mol. The van der Waals surface area contributed by atoms with Gasteiger partial charge in [0, 0.05) is 38.4 Å². The molecule has 0 radical (unpaired) electrons. The third-order valence-corrected chi connectivity index (χ3v) is 5.56. The summed E-state index contributed by atoms with van der Waals surface area (Å²) >= 11 is 0. The summed E-state index contributed by atoms with van der Waals surface area (Å²) in [6, 6.07) is 5.12. The molecule has 11 nitrogen and oxygen atoms in total. The average molecular weight is 477 g/mol. The van der Waals surface area contributed by atoms with Crippen LogP contribution in [0.15, 0.2) is 18.2 Å². The van der Waals surface area contributed by atoms with Crippen LogP contribution in [-0.2, 0) is 19.1 Å². The van der Waals surface area contributed by atoms with Gasteiger partial charge in [-0.05, 0) is 45.4 Å². The van der Waals surface area contributed by atoms with Gasteiger partial charge in [-0.3, -0.25) is 24.7 Å². The van der Waals surface area contributed by atoms with Crippen molar-refractivity contribution in [3.8, 4) is 0 Å². The minimum atomic E-state index is -0.931. The summed E-state index contributed by atoms with van der Waals surface area (Å²) in [7, 11) is 0. The number of anilines is 2. The number of benzene rings is 1. The van der Waals surface area contributed by atoms with E-state index < -0.39 is 29.9 Å². The summed E-state index contributed by atoms with van der Waals surface area (Å²) in [6.07, 6.45) is -2.11. The fourth-order valence-electron chi connectivity index (χ4n) is 3.84. The second kappa shape index (κ2) is 10.3. The second-order valence-electron chi connectivity index (χ2n) is 9.42. The Morgan fingerprint density at radius 1 is 1.18 bits per heavy atom. The van der Waals surface area contributed by atoms with Crippen molar-refractivity contribution in [2.24, 2.45) is 0 Å². The van der Waals surface area contributed by atoms with Crippen LogP contribution >= 0.6 is 0 Å². The lowest BCUT2D eigenvalue weighted by atomic mass is 10.1.